The van der Waals surface area contributed by atoms with Crippen LogP contribution >= 0.6 is 0 Å². The SMILES string of the molecule is Nc1n[nH]c([C@@H]2CCCOC2)c1-c1ccc2c(c1)OCO2. The van der Waals surface area contributed by atoms with E-state index >= 15 is 0 Å². The number of hydrogen-bond donors (Lipinski definition) is 2. The number of nitrogen functional groups attached to an aromatic ring is 1. The van der Waals surface area contributed by atoms with Gasteiger partial charge in [0.1, 0.15) is 0 Å². The summed E-state index contributed by atoms with van der Waals surface area (Å²) in [4.78, 5) is 0. The van der Waals surface area contributed by atoms with Crippen LogP contribution in [0.3, 0.4) is 0 Å². The molecule has 1 aromatic carbocycles. The van der Waals surface area contributed by atoms with Gasteiger partial charge in [-0.3, -0.25) is 5.10 Å². The number of aromatic amines is 1. The van der Waals surface area contributed by atoms with Crippen LogP contribution in [0.4, 0.5) is 5.82 Å². The van der Waals surface area contributed by atoms with Crippen LogP contribution in [0.15, 0.2) is 18.2 Å². The second-order valence-corrected chi connectivity index (χ2v) is 5.38. The van der Waals surface area contributed by atoms with Gasteiger partial charge in [-0.25, -0.2) is 0 Å². The molecule has 2 aliphatic heterocycles. The molecule has 0 saturated carbocycles. The summed E-state index contributed by atoms with van der Waals surface area (Å²) < 4.78 is 16.4. The number of nitrogens with one attached hydrogen (secondary N) is 1. The minimum absolute atomic E-state index is 0.267. The zero-order valence-electron chi connectivity index (χ0n) is 11.6. The van der Waals surface area contributed by atoms with E-state index in [4.69, 9.17) is 19.9 Å². The molecule has 0 bridgehead atoms. The van der Waals surface area contributed by atoms with E-state index in [1.165, 1.54) is 0 Å². The first-order valence-corrected chi connectivity index (χ1v) is 7.14. The highest BCUT2D eigenvalue weighted by Gasteiger charge is 2.25. The topological polar surface area (TPSA) is 82.4 Å². The number of rotatable bonds is 2. The van der Waals surface area contributed by atoms with Crippen LogP contribution in [0.2, 0.25) is 0 Å². The lowest BCUT2D eigenvalue weighted by Crippen LogP contribution is -2.16. The van der Waals surface area contributed by atoms with Crippen LogP contribution in [0, 0.1) is 0 Å². The molecule has 0 amide bonds. The van der Waals surface area contributed by atoms with E-state index in [0.717, 1.165) is 47.8 Å². The highest BCUT2D eigenvalue weighted by atomic mass is 16.7. The number of benzene rings is 1. The molecule has 4 rings (SSSR count). The molecular weight excluding hydrogens is 270 g/mol. The van der Waals surface area contributed by atoms with Gasteiger partial charge in [0.15, 0.2) is 17.3 Å². The van der Waals surface area contributed by atoms with Crippen LogP contribution in [0.1, 0.15) is 24.5 Å². The number of anilines is 1. The second-order valence-electron chi connectivity index (χ2n) is 5.38. The molecule has 0 aliphatic carbocycles. The van der Waals surface area contributed by atoms with Crippen LogP contribution in [0.5, 0.6) is 11.5 Å². The highest BCUT2D eigenvalue weighted by Crippen LogP contribution is 2.40. The molecule has 1 fully saturated rings. The minimum atomic E-state index is 0.267. The normalized spacial score (nSPS) is 20.7. The van der Waals surface area contributed by atoms with Gasteiger partial charge in [0.2, 0.25) is 6.79 Å². The van der Waals surface area contributed by atoms with E-state index in [2.05, 4.69) is 10.2 Å². The van der Waals surface area contributed by atoms with Gasteiger partial charge >= 0.3 is 0 Å². The monoisotopic (exact) mass is 287 g/mol. The summed E-state index contributed by atoms with van der Waals surface area (Å²) in [6, 6.07) is 5.85. The van der Waals surface area contributed by atoms with Crippen LogP contribution in [0.25, 0.3) is 11.1 Å². The van der Waals surface area contributed by atoms with E-state index in [9.17, 15) is 0 Å². The second kappa shape index (κ2) is 4.96. The quantitative estimate of drug-likeness (QED) is 0.885. The van der Waals surface area contributed by atoms with Crippen LogP contribution < -0.4 is 15.2 Å². The van der Waals surface area contributed by atoms with Gasteiger partial charge in [-0.2, -0.15) is 5.10 Å². The molecule has 0 radical (unpaired) electrons. The number of aromatic nitrogens is 2. The summed E-state index contributed by atoms with van der Waals surface area (Å²) in [5, 5.41) is 7.27. The maximum absolute atomic E-state index is 6.07. The Balaban J connectivity index is 1.75. The zero-order valence-corrected chi connectivity index (χ0v) is 11.6. The Labute approximate surface area is 122 Å². The zero-order chi connectivity index (χ0) is 14.2. The van der Waals surface area contributed by atoms with Crippen LogP contribution in [-0.4, -0.2) is 30.2 Å². The predicted octanol–water partition coefficient (Wildman–Crippen LogP) is 2.28. The van der Waals surface area contributed by atoms with Gasteiger partial charge in [-0.15, -0.1) is 0 Å². The molecule has 1 saturated heterocycles. The summed E-state index contributed by atoms with van der Waals surface area (Å²) >= 11 is 0. The van der Waals surface area contributed by atoms with E-state index in [0.29, 0.717) is 18.3 Å². The predicted molar refractivity (Wildman–Crippen MR) is 77.4 cm³/mol. The summed E-state index contributed by atoms with van der Waals surface area (Å²) in [5.74, 6) is 2.33. The maximum atomic E-state index is 6.07. The van der Waals surface area contributed by atoms with Crippen molar-refractivity contribution in [1.29, 1.82) is 0 Å². The van der Waals surface area contributed by atoms with Gasteiger partial charge in [-0.1, -0.05) is 6.07 Å². The number of hydrogen-bond acceptors (Lipinski definition) is 5. The smallest absolute Gasteiger partial charge is 0.231 e. The minimum Gasteiger partial charge on any atom is -0.454 e. The molecule has 1 atom stereocenters. The van der Waals surface area contributed by atoms with E-state index in [1.54, 1.807) is 0 Å². The van der Waals surface area contributed by atoms with Crippen LogP contribution in [-0.2, 0) is 4.74 Å². The van der Waals surface area contributed by atoms with Gasteiger partial charge < -0.3 is 19.9 Å². The van der Waals surface area contributed by atoms with Gasteiger partial charge in [0, 0.05) is 18.1 Å². The van der Waals surface area contributed by atoms with Crippen molar-refractivity contribution in [3.05, 3.63) is 23.9 Å². The summed E-state index contributed by atoms with van der Waals surface area (Å²) in [6.07, 6.45) is 2.14. The fourth-order valence-corrected chi connectivity index (χ4v) is 2.99. The number of nitrogens with zero attached hydrogens (tertiary/aromatic N) is 1. The number of fused-ring (bicyclic) bond motifs is 1. The number of ether oxygens (including phenoxy) is 3. The third kappa shape index (κ3) is 2.12. The Hall–Kier alpha value is -2.21. The number of H-pyrrole nitrogens is 1. The van der Waals surface area contributed by atoms with Crippen molar-refractivity contribution in [1.82, 2.24) is 10.2 Å². The van der Waals surface area contributed by atoms with Crippen molar-refractivity contribution in [2.75, 3.05) is 25.7 Å². The Kier molecular flexibility index (Phi) is 2.96. The molecule has 110 valence electrons. The van der Waals surface area contributed by atoms with Gasteiger partial charge in [0.25, 0.3) is 0 Å². The average molecular weight is 287 g/mol. The third-order valence-corrected chi connectivity index (χ3v) is 4.05. The first-order valence-electron chi connectivity index (χ1n) is 7.14. The lowest BCUT2D eigenvalue weighted by molar-refractivity contribution is 0.0794. The molecule has 6 nitrogen and oxygen atoms in total. The summed E-state index contributed by atoms with van der Waals surface area (Å²) in [5.41, 5.74) is 9.06. The van der Waals surface area contributed by atoms with Crippen molar-refractivity contribution in [3.8, 4) is 22.6 Å². The molecule has 6 heteroatoms. The Morgan fingerprint density at radius 1 is 1.24 bits per heavy atom. The van der Waals surface area contributed by atoms with E-state index in [-0.39, 0.29) is 6.79 Å². The average Bonchev–Trinajstić information content (AvgIpc) is 3.13. The molecular formula is C15H17N3O3. The van der Waals surface area contributed by atoms with Crippen molar-refractivity contribution in [2.24, 2.45) is 0 Å². The van der Waals surface area contributed by atoms with E-state index < -0.39 is 0 Å². The summed E-state index contributed by atoms with van der Waals surface area (Å²) in [6.45, 7) is 1.81. The van der Waals surface area contributed by atoms with Gasteiger partial charge in [0.05, 0.1) is 12.3 Å². The first kappa shape index (κ1) is 12.5. The first-order chi connectivity index (χ1) is 10.3. The number of nitrogens with two attached hydrogens (primary N) is 1. The largest absolute Gasteiger partial charge is 0.454 e. The fraction of sp³-hybridized carbons (Fsp3) is 0.400. The molecule has 21 heavy (non-hydrogen) atoms. The molecule has 0 unspecified atom stereocenters. The molecule has 3 N–H and O–H groups in total. The lowest BCUT2D eigenvalue weighted by Gasteiger charge is -2.22. The Morgan fingerprint density at radius 2 is 2.14 bits per heavy atom. The van der Waals surface area contributed by atoms with Crippen molar-refractivity contribution in [3.63, 3.8) is 0 Å². The lowest BCUT2D eigenvalue weighted by atomic mass is 9.92. The molecule has 2 aliphatic rings. The summed E-state index contributed by atoms with van der Waals surface area (Å²) in [7, 11) is 0. The molecule has 3 heterocycles. The Morgan fingerprint density at radius 3 is 3.00 bits per heavy atom. The van der Waals surface area contributed by atoms with Gasteiger partial charge in [-0.05, 0) is 30.5 Å². The standard InChI is InChI=1S/C15H17N3O3/c16-15-13(9-3-4-11-12(6-9)21-8-20-11)14(17-18-15)10-2-1-5-19-7-10/h3-4,6,10H,1-2,5,7-8H2,(H3,16,17,18)/t10-/m1/s1. The fourth-order valence-electron chi connectivity index (χ4n) is 2.99. The Bertz CT molecular complexity index is 662. The highest BCUT2D eigenvalue weighted by molar-refractivity contribution is 5.78. The maximum Gasteiger partial charge on any atom is 0.231 e. The van der Waals surface area contributed by atoms with E-state index in [1.807, 2.05) is 18.2 Å². The molecule has 0 spiro atoms. The van der Waals surface area contributed by atoms with Crippen molar-refractivity contribution < 1.29 is 14.2 Å². The van der Waals surface area contributed by atoms with Crippen molar-refractivity contribution in [2.45, 2.75) is 18.8 Å². The third-order valence-electron chi connectivity index (χ3n) is 4.05. The molecule has 2 aromatic rings. The molecule has 1 aromatic heterocycles. The van der Waals surface area contributed by atoms with Crippen molar-refractivity contribution >= 4 is 5.82 Å².